The lowest BCUT2D eigenvalue weighted by molar-refractivity contribution is 1.01. The van der Waals surface area contributed by atoms with Gasteiger partial charge in [0.2, 0.25) is 0 Å². The lowest BCUT2D eigenvalue weighted by atomic mass is 10.6. The van der Waals surface area contributed by atoms with Crippen LogP contribution in [0.4, 0.5) is 5.13 Å². The first-order valence-electron chi connectivity index (χ1n) is 3.69. The van der Waals surface area contributed by atoms with Crippen molar-refractivity contribution < 1.29 is 0 Å². The summed E-state index contributed by atoms with van der Waals surface area (Å²) in [5.74, 6) is 6.08. The zero-order chi connectivity index (χ0) is 9.80. The van der Waals surface area contributed by atoms with Crippen LogP contribution in [0.5, 0.6) is 0 Å². The highest BCUT2D eigenvalue weighted by Gasteiger charge is 2.03. The van der Waals surface area contributed by atoms with Gasteiger partial charge >= 0.3 is 0 Å². The highest BCUT2D eigenvalue weighted by molar-refractivity contribution is 8.00. The molecule has 0 aliphatic heterocycles. The van der Waals surface area contributed by atoms with Gasteiger partial charge in [-0.05, 0) is 0 Å². The van der Waals surface area contributed by atoms with Gasteiger partial charge in [-0.1, -0.05) is 23.1 Å². The van der Waals surface area contributed by atoms with Gasteiger partial charge in [0.1, 0.15) is 5.51 Å². The molecule has 0 aliphatic rings. The van der Waals surface area contributed by atoms with E-state index in [4.69, 9.17) is 5.84 Å². The van der Waals surface area contributed by atoms with Gasteiger partial charge in [-0.3, -0.25) is 5.43 Å². The van der Waals surface area contributed by atoms with E-state index >= 15 is 0 Å². The molecule has 5 nitrogen and oxygen atoms in total. The third-order valence-corrected chi connectivity index (χ3v) is 4.38. The molecule has 14 heavy (non-hydrogen) atoms. The molecule has 74 valence electrons. The van der Waals surface area contributed by atoms with Crippen molar-refractivity contribution in [3.05, 3.63) is 16.6 Å². The molecule has 2 rings (SSSR count). The summed E-state index contributed by atoms with van der Waals surface area (Å²) in [5, 5.41) is 8.43. The van der Waals surface area contributed by atoms with Gasteiger partial charge in [0.15, 0.2) is 9.47 Å². The zero-order valence-electron chi connectivity index (χ0n) is 7.01. The molecule has 0 bridgehead atoms. The normalized spacial score (nSPS) is 10.4. The number of thiazole rings is 1. The second kappa shape index (κ2) is 4.69. The molecule has 0 saturated heterocycles. The quantitative estimate of drug-likeness (QED) is 0.484. The number of nitrogens with zero attached hydrogens (tertiary/aromatic N) is 3. The van der Waals surface area contributed by atoms with Crippen LogP contribution in [0, 0.1) is 0 Å². The fourth-order valence-corrected chi connectivity index (χ4v) is 3.03. The van der Waals surface area contributed by atoms with Crippen LogP contribution in [0.2, 0.25) is 0 Å². The topological polar surface area (TPSA) is 76.7 Å². The van der Waals surface area contributed by atoms with E-state index in [2.05, 4.69) is 20.6 Å². The Hall–Kier alpha value is -0.700. The molecule has 0 aromatic carbocycles. The fourth-order valence-electron chi connectivity index (χ4n) is 0.800. The first-order valence-corrected chi connectivity index (χ1v) is 6.37. The summed E-state index contributed by atoms with van der Waals surface area (Å²) >= 11 is 4.73. The molecule has 0 aliphatic carbocycles. The second-order valence-electron chi connectivity index (χ2n) is 2.27. The van der Waals surface area contributed by atoms with Crippen LogP contribution in [0.25, 0.3) is 0 Å². The monoisotopic (exact) mass is 245 g/mol. The molecule has 0 fully saturated rings. The molecule has 0 amide bonds. The maximum Gasteiger partial charge on any atom is 0.197 e. The molecule has 0 radical (unpaired) electrons. The standard InChI is InChI=1S/C6H7N5S3/c7-10-5-8-1-4(14-5)2-12-6-11-9-3-13-6/h1,3H,2,7H2,(H,8,10). The van der Waals surface area contributed by atoms with Crippen molar-refractivity contribution in [2.45, 2.75) is 10.1 Å². The summed E-state index contributed by atoms with van der Waals surface area (Å²) in [6.45, 7) is 0. The Morgan fingerprint density at radius 1 is 1.57 bits per heavy atom. The number of anilines is 1. The maximum atomic E-state index is 5.22. The second-order valence-corrected chi connectivity index (χ2v) is 5.44. The van der Waals surface area contributed by atoms with E-state index in [-0.39, 0.29) is 0 Å². The van der Waals surface area contributed by atoms with E-state index in [1.54, 1.807) is 28.6 Å². The Labute approximate surface area is 92.7 Å². The van der Waals surface area contributed by atoms with E-state index in [1.165, 1.54) is 11.3 Å². The fraction of sp³-hybridized carbons (Fsp3) is 0.167. The predicted octanol–water partition coefficient (Wildman–Crippen LogP) is 1.57. The SMILES string of the molecule is NNc1ncc(CSc2nncs2)s1. The first-order chi connectivity index (χ1) is 6.88. The lowest BCUT2D eigenvalue weighted by Crippen LogP contribution is -2.05. The summed E-state index contributed by atoms with van der Waals surface area (Å²) in [7, 11) is 0. The molecular weight excluding hydrogens is 238 g/mol. The Balaban J connectivity index is 1.92. The molecule has 0 atom stereocenters. The Kier molecular flexibility index (Phi) is 3.30. The number of nitrogens with two attached hydrogens (primary N) is 1. The molecule has 0 unspecified atom stereocenters. The predicted molar refractivity (Wildman–Crippen MR) is 59.4 cm³/mol. The van der Waals surface area contributed by atoms with Crippen molar-refractivity contribution in [1.82, 2.24) is 15.2 Å². The third-order valence-electron chi connectivity index (χ3n) is 1.35. The summed E-state index contributed by atoms with van der Waals surface area (Å²) < 4.78 is 0.973. The van der Waals surface area contributed by atoms with Crippen molar-refractivity contribution in [3.63, 3.8) is 0 Å². The van der Waals surface area contributed by atoms with E-state index in [0.29, 0.717) is 0 Å². The van der Waals surface area contributed by atoms with Crippen LogP contribution < -0.4 is 11.3 Å². The molecule has 0 spiro atoms. The number of nitrogens with one attached hydrogen (secondary N) is 1. The Morgan fingerprint density at radius 3 is 3.14 bits per heavy atom. The third kappa shape index (κ3) is 2.41. The zero-order valence-corrected chi connectivity index (χ0v) is 9.46. The first kappa shape index (κ1) is 9.84. The minimum atomic E-state index is 0.734. The number of thioether (sulfide) groups is 1. The molecular formula is C6H7N5S3. The highest BCUT2D eigenvalue weighted by Crippen LogP contribution is 2.27. The molecule has 8 heteroatoms. The van der Waals surface area contributed by atoms with Gasteiger partial charge in [-0.2, -0.15) is 0 Å². The smallest absolute Gasteiger partial charge is 0.197 e. The van der Waals surface area contributed by atoms with E-state index in [1.807, 2.05) is 6.20 Å². The van der Waals surface area contributed by atoms with Crippen LogP contribution in [0.3, 0.4) is 0 Å². The van der Waals surface area contributed by atoms with Crippen molar-refractivity contribution in [3.8, 4) is 0 Å². The van der Waals surface area contributed by atoms with Crippen LogP contribution >= 0.6 is 34.4 Å². The highest BCUT2D eigenvalue weighted by atomic mass is 32.2. The van der Waals surface area contributed by atoms with E-state index in [0.717, 1.165) is 20.1 Å². The van der Waals surface area contributed by atoms with Crippen LogP contribution in [-0.4, -0.2) is 15.2 Å². The summed E-state index contributed by atoms with van der Waals surface area (Å²) in [6.07, 6.45) is 1.81. The van der Waals surface area contributed by atoms with Crippen LogP contribution in [0.1, 0.15) is 4.88 Å². The van der Waals surface area contributed by atoms with E-state index < -0.39 is 0 Å². The Morgan fingerprint density at radius 2 is 2.50 bits per heavy atom. The number of hydrazine groups is 1. The minimum absolute atomic E-state index is 0.734. The van der Waals surface area contributed by atoms with Gasteiger partial charge in [0.05, 0.1) is 0 Å². The van der Waals surface area contributed by atoms with Crippen molar-refractivity contribution in [2.75, 3.05) is 5.43 Å². The molecule has 0 saturated carbocycles. The van der Waals surface area contributed by atoms with Gasteiger partial charge in [-0.25, -0.2) is 10.8 Å². The van der Waals surface area contributed by atoms with Gasteiger partial charge < -0.3 is 0 Å². The summed E-state index contributed by atoms with van der Waals surface area (Å²) in [5.41, 5.74) is 4.24. The summed E-state index contributed by atoms with van der Waals surface area (Å²) in [4.78, 5) is 5.24. The molecule has 3 N–H and O–H groups in total. The molecule has 2 heterocycles. The van der Waals surface area contributed by atoms with Gasteiger partial charge in [0, 0.05) is 16.8 Å². The largest absolute Gasteiger partial charge is 0.300 e. The number of rotatable bonds is 4. The van der Waals surface area contributed by atoms with Gasteiger partial charge in [-0.15, -0.1) is 21.5 Å². The number of hydrogen-bond acceptors (Lipinski definition) is 8. The average molecular weight is 245 g/mol. The molecule has 2 aromatic heterocycles. The number of aromatic nitrogens is 3. The van der Waals surface area contributed by atoms with Crippen LogP contribution in [-0.2, 0) is 5.75 Å². The number of hydrogen-bond donors (Lipinski definition) is 2. The summed E-state index contributed by atoms with van der Waals surface area (Å²) in [6, 6.07) is 0. The van der Waals surface area contributed by atoms with Crippen molar-refractivity contribution in [2.24, 2.45) is 5.84 Å². The average Bonchev–Trinajstić information content (AvgIpc) is 2.86. The van der Waals surface area contributed by atoms with Crippen molar-refractivity contribution >= 4 is 39.6 Å². The lowest BCUT2D eigenvalue weighted by Gasteiger charge is -1.91. The maximum absolute atomic E-state index is 5.22. The molecule has 2 aromatic rings. The number of nitrogen functional groups attached to an aromatic ring is 1. The Bertz CT molecular complexity index is 384. The van der Waals surface area contributed by atoms with Crippen molar-refractivity contribution in [1.29, 1.82) is 0 Å². The van der Waals surface area contributed by atoms with Crippen LogP contribution in [0.15, 0.2) is 16.0 Å². The van der Waals surface area contributed by atoms with E-state index in [9.17, 15) is 0 Å². The van der Waals surface area contributed by atoms with Gasteiger partial charge in [0.25, 0.3) is 0 Å². The minimum Gasteiger partial charge on any atom is -0.300 e.